The van der Waals surface area contributed by atoms with E-state index in [0.29, 0.717) is 13.1 Å². The van der Waals surface area contributed by atoms with Gasteiger partial charge in [-0.2, -0.15) is 0 Å². The lowest BCUT2D eigenvalue weighted by Crippen LogP contribution is -2.54. The van der Waals surface area contributed by atoms with Gasteiger partial charge in [0.05, 0.1) is 0 Å². The van der Waals surface area contributed by atoms with Gasteiger partial charge in [-0.1, -0.05) is 0 Å². The Morgan fingerprint density at radius 3 is 2.18 bits per heavy atom. The summed E-state index contributed by atoms with van der Waals surface area (Å²) in [5, 5.41) is 6.31. The van der Waals surface area contributed by atoms with Gasteiger partial charge in [-0.05, 0) is 33.6 Å². The summed E-state index contributed by atoms with van der Waals surface area (Å²) in [5.41, 5.74) is -0.468. The van der Waals surface area contributed by atoms with Crippen molar-refractivity contribution in [2.45, 2.75) is 45.3 Å². The highest BCUT2D eigenvalue weighted by Crippen LogP contribution is 2.15. The lowest BCUT2D eigenvalue weighted by Gasteiger charge is -2.35. The summed E-state index contributed by atoms with van der Waals surface area (Å²) in [6.45, 7) is 10.1. The van der Waals surface area contributed by atoms with Gasteiger partial charge in [0.2, 0.25) is 0 Å². The highest BCUT2D eigenvalue weighted by atomic mass is 16.6. The van der Waals surface area contributed by atoms with Gasteiger partial charge in [0.1, 0.15) is 5.60 Å². The number of nitrogens with zero attached hydrogens (tertiary/aromatic N) is 2. The minimum absolute atomic E-state index is 0.0113. The van der Waals surface area contributed by atoms with Crippen LogP contribution < -0.4 is 10.6 Å². The van der Waals surface area contributed by atoms with Crippen LogP contribution in [0.2, 0.25) is 0 Å². The van der Waals surface area contributed by atoms with Gasteiger partial charge in [0.25, 0.3) is 0 Å². The Morgan fingerprint density at radius 2 is 1.64 bits per heavy atom. The third-order valence-electron chi connectivity index (χ3n) is 3.88. The third-order valence-corrected chi connectivity index (χ3v) is 3.88. The molecule has 2 heterocycles. The van der Waals surface area contributed by atoms with E-state index in [1.54, 1.807) is 4.90 Å². The average Bonchev–Trinajstić information content (AvgIpc) is 2.47. The number of piperazine rings is 1. The SMILES string of the molecule is CC(C)(C)OC(=O)N1CCC(NC(=O)N2CCNCC2)CC1. The largest absolute Gasteiger partial charge is 0.444 e. The molecule has 2 saturated heterocycles. The Labute approximate surface area is 132 Å². The third kappa shape index (κ3) is 5.05. The van der Waals surface area contributed by atoms with Gasteiger partial charge in [-0.15, -0.1) is 0 Å². The van der Waals surface area contributed by atoms with Gasteiger partial charge in [-0.25, -0.2) is 9.59 Å². The first-order valence-electron chi connectivity index (χ1n) is 8.09. The normalized spacial score (nSPS) is 20.7. The molecule has 0 atom stereocenters. The summed E-state index contributed by atoms with van der Waals surface area (Å²) in [4.78, 5) is 27.7. The quantitative estimate of drug-likeness (QED) is 0.757. The fourth-order valence-corrected chi connectivity index (χ4v) is 2.67. The molecular formula is C15H28N4O3. The van der Waals surface area contributed by atoms with Crippen LogP contribution in [0.4, 0.5) is 9.59 Å². The smallest absolute Gasteiger partial charge is 0.410 e. The summed E-state index contributed by atoms with van der Waals surface area (Å²) < 4.78 is 5.37. The van der Waals surface area contributed by atoms with E-state index in [1.807, 2.05) is 25.7 Å². The second-order valence-electron chi connectivity index (χ2n) is 6.93. The van der Waals surface area contributed by atoms with E-state index in [2.05, 4.69) is 10.6 Å². The Balaban J connectivity index is 1.72. The number of likely N-dealkylation sites (tertiary alicyclic amines) is 1. The minimum Gasteiger partial charge on any atom is -0.444 e. The summed E-state index contributed by atoms with van der Waals surface area (Å²) >= 11 is 0. The van der Waals surface area contributed by atoms with E-state index >= 15 is 0 Å². The Morgan fingerprint density at radius 1 is 1.05 bits per heavy atom. The molecule has 3 amide bonds. The zero-order valence-corrected chi connectivity index (χ0v) is 13.9. The van der Waals surface area contributed by atoms with Gasteiger partial charge < -0.3 is 25.2 Å². The van der Waals surface area contributed by atoms with Crippen molar-refractivity contribution >= 4 is 12.1 Å². The molecule has 2 fully saturated rings. The molecule has 0 aromatic carbocycles. The Hall–Kier alpha value is -1.50. The summed E-state index contributed by atoms with van der Waals surface area (Å²) in [6.07, 6.45) is 1.29. The molecule has 7 nitrogen and oxygen atoms in total. The van der Waals surface area contributed by atoms with E-state index in [4.69, 9.17) is 4.74 Å². The van der Waals surface area contributed by atoms with Crippen molar-refractivity contribution in [1.29, 1.82) is 0 Å². The second-order valence-corrected chi connectivity index (χ2v) is 6.93. The monoisotopic (exact) mass is 312 g/mol. The van der Waals surface area contributed by atoms with Crippen molar-refractivity contribution in [3.8, 4) is 0 Å². The number of carbonyl (C=O) groups excluding carboxylic acids is 2. The van der Waals surface area contributed by atoms with Crippen molar-refractivity contribution in [2.24, 2.45) is 0 Å². The average molecular weight is 312 g/mol. The molecule has 0 aromatic rings. The molecule has 22 heavy (non-hydrogen) atoms. The lowest BCUT2D eigenvalue weighted by atomic mass is 10.1. The highest BCUT2D eigenvalue weighted by Gasteiger charge is 2.28. The molecule has 0 aliphatic carbocycles. The number of ether oxygens (including phenoxy) is 1. The van der Waals surface area contributed by atoms with Crippen LogP contribution in [0.15, 0.2) is 0 Å². The molecule has 7 heteroatoms. The molecule has 0 radical (unpaired) electrons. The zero-order chi connectivity index (χ0) is 16.2. The number of nitrogens with one attached hydrogen (secondary N) is 2. The van der Waals surface area contributed by atoms with E-state index in [-0.39, 0.29) is 18.2 Å². The molecule has 2 N–H and O–H groups in total. The molecule has 2 rings (SSSR count). The van der Waals surface area contributed by atoms with Crippen LogP contribution >= 0.6 is 0 Å². The maximum absolute atomic E-state index is 12.2. The number of carbonyl (C=O) groups is 2. The second kappa shape index (κ2) is 7.17. The topological polar surface area (TPSA) is 73.9 Å². The van der Waals surface area contributed by atoms with Crippen LogP contribution in [0.25, 0.3) is 0 Å². The van der Waals surface area contributed by atoms with Crippen molar-refractivity contribution in [2.75, 3.05) is 39.3 Å². The molecule has 0 unspecified atom stereocenters. The first-order chi connectivity index (χ1) is 10.3. The molecule has 2 aliphatic rings. The number of hydrogen-bond donors (Lipinski definition) is 2. The first-order valence-corrected chi connectivity index (χ1v) is 8.09. The van der Waals surface area contributed by atoms with Crippen LogP contribution in [0.5, 0.6) is 0 Å². The molecule has 0 saturated carbocycles. The predicted octanol–water partition coefficient (Wildman–Crippen LogP) is 1.00. The number of hydrogen-bond acceptors (Lipinski definition) is 4. The zero-order valence-electron chi connectivity index (χ0n) is 13.9. The van der Waals surface area contributed by atoms with Gasteiger partial charge in [0.15, 0.2) is 0 Å². The van der Waals surface area contributed by atoms with Gasteiger partial charge >= 0.3 is 12.1 Å². The number of rotatable bonds is 1. The first kappa shape index (κ1) is 16.9. The molecule has 0 aromatic heterocycles. The van der Waals surface area contributed by atoms with Crippen LogP contribution in [-0.4, -0.2) is 72.8 Å². The lowest BCUT2D eigenvalue weighted by molar-refractivity contribution is 0.0200. The highest BCUT2D eigenvalue weighted by molar-refractivity contribution is 5.74. The van der Waals surface area contributed by atoms with Gasteiger partial charge in [0, 0.05) is 45.3 Å². The molecule has 0 spiro atoms. The van der Waals surface area contributed by atoms with Crippen molar-refractivity contribution in [3.63, 3.8) is 0 Å². The number of piperidine rings is 1. The van der Waals surface area contributed by atoms with Crippen LogP contribution in [0, 0.1) is 0 Å². The maximum Gasteiger partial charge on any atom is 0.410 e. The molecule has 126 valence electrons. The van der Waals surface area contributed by atoms with Crippen molar-refractivity contribution in [1.82, 2.24) is 20.4 Å². The summed E-state index contributed by atoms with van der Waals surface area (Å²) in [6, 6.07) is 0.151. The minimum atomic E-state index is -0.468. The standard InChI is InChI=1S/C15H28N4O3/c1-15(2,3)22-14(21)19-8-4-12(5-9-19)17-13(20)18-10-6-16-7-11-18/h12,16H,4-11H2,1-3H3,(H,17,20). The Bertz CT molecular complexity index is 394. The molecule has 0 bridgehead atoms. The van der Waals surface area contributed by atoms with Gasteiger partial charge in [-0.3, -0.25) is 0 Å². The van der Waals surface area contributed by atoms with E-state index in [0.717, 1.165) is 39.0 Å². The van der Waals surface area contributed by atoms with E-state index in [1.165, 1.54) is 0 Å². The van der Waals surface area contributed by atoms with Crippen LogP contribution in [0.3, 0.4) is 0 Å². The number of urea groups is 1. The number of amides is 3. The fourth-order valence-electron chi connectivity index (χ4n) is 2.67. The summed E-state index contributed by atoms with van der Waals surface area (Å²) in [7, 11) is 0. The van der Waals surface area contributed by atoms with E-state index in [9.17, 15) is 9.59 Å². The van der Waals surface area contributed by atoms with Crippen LogP contribution in [0.1, 0.15) is 33.6 Å². The maximum atomic E-state index is 12.2. The van der Waals surface area contributed by atoms with E-state index < -0.39 is 5.60 Å². The van der Waals surface area contributed by atoms with Crippen molar-refractivity contribution < 1.29 is 14.3 Å². The molecule has 2 aliphatic heterocycles. The molecular weight excluding hydrogens is 284 g/mol. The van der Waals surface area contributed by atoms with Crippen molar-refractivity contribution in [3.05, 3.63) is 0 Å². The van der Waals surface area contributed by atoms with Crippen LogP contribution in [-0.2, 0) is 4.74 Å². The summed E-state index contributed by atoms with van der Waals surface area (Å²) in [5.74, 6) is 0. The Kier molecular flexibility index (Phi) is 5.50. The fraction of sp³-hybridized carbons (Fsp3) is 0.867. The predicted molar refractivity (Wildman–Crippen MR) is 83.8 cm³/mol.